The lowest BCUT2D eigenvalue weighted by Gasteiger charge is -2.19. The first-order valence-corrected chi connectivity index (χ1v) is 8.28. The Morgan fingerprint density at radius 1 is 1.50 bits per heavy atom. The van der Waals surface area contributed by atoms with Crippen molar-refractivity contribution in [3.8, 4) is 0 Å². The highest BCUT2D eigenvalue weighted by atomic mass is 32.4. The van der Waals surface area contributed by atoms with Crippen LogP contribution in [0, 0.1) is 0 Å². The van der Waals surface area contributed by atoms with Gasteiger partial charge in [0, 0.05) is 0 Å². The van der Waals surface area contributed by atoms with E-state index in [0.29, 0.717) is 5.66 Å². The zero-order valence-corrected chi connectivity index (χ0v) is 10.5. The van der Waals surface area contributed by atoms with Gasteiger partial charge in [-0.25, -0.2) is 0 Å². The van der Waals surface area contributed by atoms with Crippen LogP contribution in [-0.2, 0) is 11.8 Å². The fraction of sp³-hybridized carbons (Fsp3) is 0.455. The minimum absolute atomic E-state index is 0.396. The maximum absolute atomic E-state index is 5.74. The Morgan fingerprint density at radius 2 is 2.21 bits per heavy atom. The third kappa shape index (κ3) is 1.51. The van der Waals surface area contributed by atoms with Gasteiger partial charge in [0.15, 0.2) is 0 Å². The van der Waals surface area contributed by atoms with Crippen molar-refractivity contribution in [1.82, 2.24) is 0 Å². The molecule has 14 heavy (non-hydrogen) atoms. The zero-order chi connectivity index (χ0) is 10.3. The van der Waals surface area contributed by atoms with Crippen LogP contribution in [0.2, 0.25) is 0 Å². The molecule has 76 valence electrons. The predicted octanol–water partition coefficient (Wildman–Crippen LogP) is 3.78. The Bertz CT molecular complexity index is 417. The van der Waals surface area contributed by atoms with E-state index < -0.39 is 6.04 Å². The van der Waals surface area contributed by atoms with Crippen LogP contribution >= 0.6 is 6.04 Å². The molecule has 0 aliphatic carbocycles. The molecule has 2 rings (SSSR count). The van der Waals surface area contributed by atoms with Crippen molar-refractivity contribution < 1.29 is 4.42 Å². The molecular formula is C11H15OPS. The molecule has 0 unspecified atom stereocenters. The number of rotatable bonds is 1. The van der Waals surface area contributed by atoms with Crippen LogP contribution in [0.3, 0.4) is 0 Å². The molecule has 2 atom stereocenters. The van der Waals surface area contributed by atoms with E-state index in [0.717, 1.165) is 11.9 Å². The second-order valence-electron chi connectivity index (χ2n) is 4.21. The summed E-state index contributed by atoms with van der Waals surface area (Å²) in [5.41, 5.74) is 3.30. The van der Waals surface area contributed by atoms with Gasteiger partial charge in [0.2, 0.25) is 0 Å². The van der Waals surface area contributed by atoms with Crippen LogP contribution < -0.4 is 0 Å². The Labute approximate surface area is 90.2 Å². The molecule has 0 N–H and O–H groups in total. The largest absolute Gasteiger partial charge is 0.468 e. The van der Waals surface area contributed by atoms with Gasteiger partial charge in [0.25, 0.3) is 0 Å². The van der Waals surface area contributed by atoms with Crippen LogP contribution in [-0.4, -0.2) is 12.8 Å². The van der Waals surface area contributed by atoms with Gasteiger partial charge in [-0.2, -0.15) is 0 Å². The first-order valence-electron chi connectivity index (χ1n) is 4.78. The summed E-state index contributed by atoms with van der Waals surface area (Å²) in [6.07, 6.45) is 2.85. The third-order valence-electron chi connectivity index (χ3n) is 2.99. The Balaban J connectivity index is 2.48. The molecule has 1 aromatic heterocycles. The van der Waals surface area contributed by atoms with E-state index in [4.69, 9.17) is 16.2 Å². The summed E-state index contributed by atoms with van der Waals surface area (Å²) in [5, 5.41) is 0. The summed E-state index contributed by atoms with van der Waals surface area (Å²) in [5.74, 6) is 1.06. The minimum atomic E-state index is -1.29. The summed E-state index contributed by atoms with van der Waals surface area (Å²) in [6, 6.07) is 2.71. The van der Waals surface area contributed by atoms with E-state index in [1.165, 1.54) is 11.1 Å². The molecule has 3 heteroatoms. The number of hydrogen-bond acceptors (Lipinski definition) is 2. The normalized spacial score (nSPS) is 32.6. The predicted molar refractivity (Wildman–Crippen MR) is 64.9 cm³/mol. The van der Waals surface area contributed by atoms with E-state index in [-0.39, 0.29) is 0 Å². The number of furan rings is 1. The van der Waals surface area contributed by atoms with Gasteiger partial charge in [0.1, 0.15) is 5.76 Å². The highest BCUT2D eigenvalue weighted by Gasteiger charge is 2.35. The quantitative estimate of drug-likeness (QED) is 0.534. The fourth-order valence-electron chi connectivity index (χ4n) is 2.26. The number of allylic oxidation sites excluding steroid dienone is 2. The smallest absolute Gasteiger partial charge is 0.115 e. The molecule has 1 nitrogen and oxygen atoms in total. The van der Waals surface area contributed by atoms with Crippen molar-refractivity contribution in [2.75, 3.05) is 12.8 Å². The number of hydrogen-bond donors (Lipinski definition) is 0. The molecule has 0 aromatic carbocycles. The monoisotopic (exact) mass is 226 g/mol. The molecule has 2 heterocycles. The average Bonchev–Trinajstić information content (AvgIpc) is 2.60. The van der Waals surface area contributed by atoms with Gasteiger partial charge < -0.3 is 4.42 Å². The minimum Gasteiger partial charge on any atom is -0.468 e. The molecular weight excluding hydrogens is 211 g/mol. The highest BCUT2D eigenvalue weighted by molar-refractivity contribution is 8.14. The third-order valence-corrected chi connectivity index (χ3v) is 6.85. The Morgan fingerprint density at radius 3 is 2.64 bits per heavy atom. The molecule has 0 saturated carbocycles. The summed E-state index contributed by atoms with van der Waals surface area (Å²) in [4.78, 5) is 0. The van der Waals surface area contributed by atoms with Crippen molar-refractivity contribution in [3.63, 3.8) is 0 Å². The first-order chi connectivity index (χ1) is 6.52. The van der Waals surface area contributed by atoms with Crippen molar-refractivity contribution >= 4 is 17.8 Å². The van der Waals surface area contributed by atoms with E-state index >= 15 is 0 Å². The highest BCUT2D eigenvalue weighted by Crippen LogP contribution is 2.65. The second kappa shape index (κ2) is 3.36. The van der Waals surface area contributed by atoms with Crippen LogP contribution in [0.4, 0.5) is 0 Å². The van der Waals surface area contributed by atoms with Gasteiger partial charge >= 0.3 is 0 Å². The summed E-state index contributed by atoms with van der Waals surface area (Å²) in [7, 11) is 0. The maximum Gasteiger partial charge on any atom is 0.115 e. The molecule has 1 aliphatic rings. The molecule has 0 fully saturated rings. The lowest BCUT2D eigenvalue weighted by atomic mass is 10.1. The molecule has 0 spiro atoms. The molecule has 0 radical (unpaired) electrons. The Hall–Kier alpha value is -0.330. The molecule has 0 amide bonds. The van der Waals surface area contributed by atoms with Crippen LogP contribution in [0.15, 0.2) is 34.0 Å². The van der Waals surface area contributed by atoms with Gasteiger partial charge in [-0.05, 0) is 44.8 Å². The van der Waals surface area contributed by atoms with E-state index in [2.05, 4.69) is 26.6 Å². The summed E-state index contributed by atoms with van der Waals surface area (Å²) in [6.45, 7) is 6.64. The van der Waals surface area contributed by atoms with Crippen LogP contribution in [0.1, 0.15) is 25.3 Å². The maximum atomic E-state index is 5.74. The lowest BCUT2D eigenvalue weighted by molar-refractivity contribution is 0.515. The van der Waals surface area contributed by atoms with Crippen molar-refractivity contribution in [3.05, 3.63) is 35.3 Å². The topological polar surface area (TPSA) is 13.1 Å². The van der Waals surface area contributed by atoms with E-state index in [1.54, 1.807) is 6.26 Å². The zero-order valence-electron chi connectivity index (χ0n) is 8.78. The molecule has 0 bridgehead atoms. The van der Waals surface area contributed by atoms with Gasteiger partial charge in [-0.15, -0.1) is 0 Å². The molecule has 1 aliphatic heterocycles. The Kier molecular flexibility index (Phi) is 2.45. The fourth-order valence-corrected chi connectivity index (χ4v) is 6.73. The van der Waals surface area contributed by atoms with E-state index in [1.807, 2.05) is 6.07 Å². The SMILES string of the molecule is CC1=C(C)[C@@H](c2ccco2)[P@](C)(=S)C1. The van der Waals surface area contributed by atoms with Crippen molar-refractivity contribution in [2.45, 2.75) is 19.5 Å². The van der Waals surface area contributed by atoms with Gasteiger partial charge in [0.05, 0.1) is 11.9 Å². The van der Waals surface area contributed by atoms with Crippen molar-refractivity contribution in [1.29, 1.82) is 0 Å². The standard InChI is InChI=1S/C11H15OPS/c1-8-7-13(3,14)11(9(8)2)10-5-4-6-12-10/h4-6,11H,7H2,1-3H3/t11-,13+/m0/s1. The van der Waals surface area contributed by atoms with Crippen molar-refractivity contribution in [2.24, 2.45) is 0 Å². The summed E-state index contributed by atoms with van der Waals surface area (Å²) >= 11 is 5.74. The molecule has 1 aromatic rings. The van der Waals surface area contributed by atoms with Gasteiger partial charge in [-0.1, -0.05) is 23.0 Å². The lowest BCUT2D eigenvalue weighted by Crippen LogP contribution is -1.94. The van der Waals surface area contributed by atoms with Crippen LogP contribution in [0.25, 0.3) is 0 Å². The summed E-state index contributed by atoms with van der Waals surface area (Å²) < 4.78 is 5.50. The second-order valence-corrected chi connectivity index (χ2v) is 9.90. The van der Waals surface area contributed by atoms with Gasteiger partial charge in [-0.3, -0.25) is 0 Å². The average molecular weight is 226 g/mol. The molecule has 0 saturated heterocycles. The van der Waals surface area contributed by atoms with Crippen LogP contribution in [0.5, 0.6) is 0 Å². The first kappa shape index (κ1) is 10.2. The van der Waals surface area contributed by atoms with E-state index in [9.17, 15) is 0 Å².